The molecule has 3 rings (SSSR count). The molecule has 118 valence electrons. The first-order valence-corrected chi connectivity index (χ1v) is 7.80. The number of aromatic nitrogens is 2. The van der Waals surface area contributed by atoms with Crippen molar-refractivity contribution in [2.45, 2.75) is 18.9 Å². The Morgan fingerprint density at radius 3 is 2.64 bits per heavy atom. The number of benzene rings is 1. The lowest BCUT2D eigenvalue weighted by Crippen LogP contribution is -2.36. The number of aliphatic hydroxyl groups is 2. The third-order valence-electron chi connectivity index (χ3n) is 4.30. The molecule has 1 unspecified atom stereocenters. The van der Waals surface area contributed by atoms with Crippen LogP contribution in [0.3, 0.4) is 0 Å². The quantitative estimate of drug-likeness (QED) is 0.878. The molecule has 1 aliphatic rings. The summed E-state index contributed by atoms with van der Waals surface area (Å²) in [5.74, 6) is 0. The molecule has 5 heteroatoms. The molecule has 22 heavy (non-hydrogen) atoms. The average Bonchev–Trinajstić information content (AvgIpc) is 2.74. The Labute approximate surface area is 130 Å². The third-order valence-corrected chi connectivity index (χ3v) is 4.30. The second-order valence-corrected chi connectivity index (χ2v) is 5.90. The van der Waals surface area contributed by atoms with Crippen molar-refractivity contribution < 1.29 is 10.2 Å². The highest BCUT2D eigenvalue weighted by Crippen LogP contribution is 2.28. The van der Waals surface area contributed by atoms with Crippen molar-refractivity contribution in [2.75, 3.05) is 26.2 Å². The van der Waals surface area contributed by atoms with Gasteiger partial charge < -0.3 is 10.2 Å². The maximum absolute atomic E-state index is 9.63. The first-order chi connectivity index (χ1) is 10.7. The van der Waals surface area contributed by atoms with E-state index in [2.05, 4.69) is 29.2 Å². The molecule has 2 aromatic rings. The zero-order chi connectivity index (χ0) is 15.5. The Hall–Kier alpha value is -1.69. The summed E-state index contributed by atoms with van der Waals surface area (Å²) < 4.78 is 1.98. The molecule has 2 N–H and O–H groups in total. The Bertz CT molecular complexity index is 624. The summed E-state index contributed by atoms with van der Waals surface area (Å²) in [6.07, 6.45) is 1.14. The Morgan fingerprint density at radius 2 is 1.91 bits per heavy atom. The fraction of sp³-hybridized carbons (Fsp3) is 0.471. The molecule has 0 fully saturated rings. The minimum atomic E-state index is -0.662. The number of fused-ring (bicyclic) bond motifs is 1. The molecule has 1 aromatic heterocycles. The van der Waals surface area contributed by atoms with E-state index in [-0.39, 0.29) is 6.61 Å². The summed E-state index contributed by atoms with van der Waals surface area (Å²) in [7, 11) is 2.00. The van der Waals surface area contributed by atoms with Crippen molar-refractivity contribution in [3.8, 4) is 11.3 Å². The van der Waals surface area contributed by atoms with E-state index in [1.165, 1.54) is 16.8 Å². The number of nitrogens with zero attached hydrogens (tertiary/aromatic N) is 3. The molecule has 0 bridgehead atoms. The van der Waals surface area contributed by atoms with Gasteiger partial charge in [-0.25, -0.2) is 0 Å². The molecule has 0 saturated heterocycles. The fourth-order valence-electron chi connectivity index (χ4n) is 3.23. The molecule has 1 aliphatic heterocycles. The third kappa shape index (κ3) is 3.06. The molecule has 0 radical (unpaired) electrons. The van der Waals surface area contributed by atoms with Gasteiger partial charge in [0.1, 0.15) is 0 Å². The molecular weight excluding hydrogens is 278 g/mol. The second-order valence-electron chi connectivity index (χ2n) is 5.90. The van der Waals surface area contributed by atoms with Gasteiger partial charge in [-0.2, -0.15) is 5.10 Å². The lowest BCUT2D eigenvalue weighted by molar-refractivity contribution is 0.0604. The molecule has 0 spiro atoms. The van der Waals surface area contributed by atoms with E-state index in [9.17, 15) is 5.11 Å². The van der Waals surface area contributed by atoms with E-state index in [4.69, 9.17) is 10.2 Å². The van der Waals surface area contributed by atoms with Gasteiger partial charge in [-0.1, -0.05) is 30.3 Å². The first kappa shape index (κ1) is 15.2. The molecule has 1 atom stereocenters. The number of aryl methyl sites for hydroxylation is 1. The molecular formula is C17H23N3O2. The van der Waals surface area contributed by atoms with Crippen molar-refractivity contribution in [3.63, 3.8) is 0 Å². The van der Waals surface area contributed by atoms with Crippen LogP contribution < -0.4 is 0 Å². The van der Waals surface area contributed by atoms with Gasteiger partial charge in [0.2, 0.25) is 0 Å². The Kier molecular flexibility index (Phi) is 4.57. The van der Waals surface area contributed by atoms with Gasteiger partial charge in [0.25, 0.3) is 0 Å². The topological polar surface area (TPSA) is 61.5 Å². The Morgan fingerprint density at radius 1 is 1.18 bits per heavy atom. The van der Waals surface area contributed by atoms with Gasteiger partial charge in [-0.15, -0.1) is 0 Å². The summed E-state index contributed by atoms with van der Waals surface area (Å²) in [5.41, 5.74) is 4.86. The van der Waals surface area contributed by atoms with Crippen LogP contribution in [0.15, 0.2) is 30.3 Å². The van der Waals surface area contributed by atoms with E-state index in [1.807, 2.05) is 17.8 Å². The number of rotatable bonds is 4. The molecule has 1 aromatic carbocycles. The predicted molar refractivity (Wildman–Crippen MR) is 85.6 cm³/mol. The van der Waals surface area contributed by atoms with Crippen molar-refractivity contribution in [1.29, 1.82) is 0 Å². The van der Waals surface area contributed by atoms with Crippen molar-refractivity contribution in [1.82, 2.24) is 14.7 Å². The van der Waals surface area contributed by atoms with Crippen LogP contribution in [0.25, 0.3) is 11.3 Å². The number of hydrogen-bond donors (Lipinski definition) is 2. The smallest absolute Gasteiger partial charge is 0.0897 e. The zero-order valence-electron chi connectivity index (χ0n) is 12.9. The minimum Gasteiger partial charge on any atom is -0.394 e. The van der Waals surface area contributed by atoms with Crippen molar-refractivity contribution in [2.24, 2.45) is 7.05 Å². The first-order valence-electron chi connectivity index (χ1n) is 7.80. The zero-order valence-corrected chi connectivity index (χ0v) is 12.9. The van der Waals surface area contributed by atoms with E-state index >= 15 is 0 Å². The number of hydrogen-bond acceptors (Lipinski definition) is 4. The van der Waals surface area contributed by atoms with E-state index in [0.717, 1.165) is 31.6 Å². The van der Waals surface area contributed by atoms with Crippen LogP contribution in [0.1, 0.15) is 11.3 Å². The van der Waals surface area contributed by atoms with Gasteiger partial charge in [0.15, 0.2) is 0 Å². The lowest BCUT2D eigenvalue weighted by atomic mass is 10.0. The van der Waals surface area contributed by atoms with Crippen LogP contribution in [0, 0.1) is 0 Å². The van der Waals surface area contributed by atoms with Crippen LogP contribution in [-0.4, -0.2) is 57.2 Å². The van der Waals surface area contributed by atoms with E-state index < -0.39 is 6.10 Å². The number of β-amino-alcohol motifs (C(OH)–C–C–N with tert-alkyl or cyclic N) is 1. The maximum Gasteiger partial charge on any atom is 0.0897 e. The monoisotopic (exact) mass is 301 g/mol. The summed E-state index contributed by atoms with van der Waals surface area (Å²) >= 11 is 0. The molecule has 5 nitrogen and oxygen atoms in total. The van der Waals surface area contributed by atoms with Gasteiger partial charge in [0.05, 0.1) is 24.1 Å². The van der Waals surface area contributed by atoms with Gasteiger partial charge in [-0.3, -0.25) is 9.58 Å². The maximum atomic E-state index is 9.63. The number of aliphatic hydroxyl groups excluding tert-OH is 2. The van der Waals surface area contributed by atoms with Gasteiger partial charge >= 0.3 is 0 Å². The second kappa shape index (κ2) is 6.60. The normalized spacial score (nSPS) is 17.0. The van der Waals surface area contributed by atoms with Crippen LogP contribution in [0.4, 0.5) is 0 Å². The summed E-state index contributed by atoms with van der Waals surface area (Å²) in [6, 6.07) is 10.4. The highest BCUT2D eigenvalue weighted by atomic mass is 16.3. The standard InChI is InChI=1S/C17H23N3O2/c1-19-17(13-5-3-2-4-6-13)15-7-9-20(11-14(22)12-21)10-8-16(15)18-19/h2-6,14,21-22H,7-12H2,1H3. The Balaban J connectivity index is 1.84. The predicted octanol–water partition coefficient (Wildman–Crippen LogP) is 0.841. The van der Waals surface area contributed by atoms with Crippen LogP contribution >= 0.6 is 0 Å². The van der Waals surface area contributed by atoms with Crippen molar-refractivity contribution >= 4 is 0 Å². The van der Waals surface area contributed by atoms with Crippen molar-refractivity contribution in [3.05, 3.63) is 41.6 Å². The van der Waals surface area contributed by atoms with Crippen LogP contribution in [0.5, 0.6) is 0 Å². The van der Waals surface area contributed by atoms with Gasteiger partial charge in [-0.05, 0) is 6.42 Å². The van der Waals surface area contributed by atoms with Gasteiger partial charge in [0, 0.05) is 44.2 Å². The summed E-state index contributed by atoms with van der Waals surface area (Å²) in [4.78, 5) is 2.21. The molecule has 0 aliphatic carbocycles. The van der Waals surface area contributed by atoms with Crippen LogP contribution in [0.2, 0.25) is 0 Å². The molecule has 0 saturated carbocycles. The average molecular weight is 301 g/mol. The highest BCUT2D eigenvalue weighted by Gasteiger charge is 2.22. The van der Waals surface area contributed by atoms with Crippen LogP contribution in [-0.2, 0) is 19.9 Å². The van der Waals surface area contributed by atoms with E-state index in [0.29, 0.717) is 6.54 Å². The molecule has 0 amide bonds. The minimum absolute atomic E-state index is 0.182. The fourth-order valence-corrected chi connectivity index (χ4v) is 3.23. The highest BCUT2D eigenvalue weighted by molar-refractivity contribution is 5.64. The lowest BCUT2D eigenvalue weighted by Gasteiger charge is -2.22. The summed E-state index contributed by atoms with van der Waals surface area (Å²) in [6.45, 7) is 2.09. The molecule has 2 heterocycles. The largest absolute Gasteiger partial charge is 0.394 e. The van der Waals surface area contributed by atoms with E-state index in [1.54, 1.807) is 0 Å². The SMILES string of the molecule is Cn1nc2c(c1-c1ccccc1)CCN(CC(O)CO)CC2. The summed E-state index contributed by atoms with van der Waals surface area (Å²) in [5, 5.41) is 23.3.